The van der Waals surface area contributed by atoms with Crippen LogP contribution >= 0.6 is 0 Å². The van der Waals surface area contributed by atoms with E-state index in [9.17, 15) is 18.4 Å². The van der Waals surface area contributed by atoms with Gasteiger partial charge in [-0.05, 0) is 88.1 Å². The molecule has 3 heterocycles. The number of amides is 2. The first-order valence-electron chi connectivity index (χ1n) is 14.6. The summed E-state index contributed by atoms with van der Waals surface area (Å²) in [7, 11) is 0. The first-order chi connectivity index (χ1) is 21.1. The third-order valence-corrected chi connectivity index (χ3v) is 7.16. The van der Waals surface area contributed by atoms with Crippen LogP contribution in [-0.2, 0) is 9.53 Å². The number of anilines is 3. The molecule has 232 valence electrons. The quantitative estimate of drug-likeness (QED) is 0.181. The number of hydrogen-bond acceptors (Lipinski definition) is 7. The lowest BCUT2D eigenvalue weighted by atomic mass is 10.0. The van der Waals surface area contributed by atoms with Crippen molar-refractivity contribution in [2.24, 2.45) is 5.92 Å². The van der Waals surface area contributed by atoms with Crippen LogP contribution in [0.5, 0.6) is 5.75 Å². The summed E-state index contributed by atoms with van der Waals surface area (Å²) in [4.78, 5) is 35.4. The Kier molecular flexibility index (Phi) is 9.26. The van der Waals surface area contributed by atoms with Gasteiger partial charge in [0.05, 0.1) is 11.9 Å². The van der Waals surface area contributed by atoms with E-state index in [0.29, 0.717) is 31.0 Å². The number of hydrogen-bond donors (Lipinski definition) is 2. The van der Waals surface area contributed by atoms with E-state index in [0.717, 1.165) is 41.9 Å². The molecule has 5 rings (SSSR count). The highest BCUT2D eigenvalue weighted by atomic mass is 19.3. The molecular weight excluding hydrogens is 570 g/mol. The first kappa shape index (κ1) is 30.7. The van der Waals surface area contributed by atoms with Crippen LogP contribution in [0, 0.1) is 5.92 Å². The van der Waals surface area contributed by atoms with E-state index in [1.807, 2.05) is 54.3 Å². The maximum atomic E-state index is 12.8. The van der Waals surface area contributed by atoms with Crippen molar-refractivity contribution in [2.45, 2.75) is 58.7 Å². The number of aromatic nitrogens is 3. The molecule has 2 N–H and O–H groups in total. The average molecular weight is 607 g/mol. The molecule has 1 saturated heterocycles. The summed E-state index contributed by atoms with van der Waals surface area (Å²) < 4.78 is 36.5. The number of carbonyl (C=O) groups is 2. The van der Waals surface area contributed by atoms with Crippen LogP contribution in [-0.4, -0.2) is 51.7 Å². The number of fused-ring (bicyclic) bond motifs is 1. The van der Waals surface area contributed by atoms with Gasteiger partial charge in [-0.15, -0.1) is 0 Å². The normalized spacial score (nSPS) is 15.2. The van der Waals surface area contributed by atoms with Gasteiger partial charge in [-0.3, -0.25) is 9.20 Å². The van der Waals surface area contributed by atoms with Gasteiger partial charge in [0, 0.05) is 48.8 Å². The van der Waals surface area contributed by atoms with Gasteiger partial charge >= 0.3 is 12.7 Å². The molecule has 0 saturated carbocycles. The van der Waals surface area contributed by atoms with Crippen LogP contribution in [0.2, 0.25) is 0 Å². The molecule has 4 aromatic rings. The molecule has 0 spiro atoms. The number of benzene rings is 2. The monoisotopic (exact) mass is 606 g/mol. The molecule has 44 heavy (non-hydrogen) atoms. The van der Waals surface area contributed by atoms with E-state index < -0.39 is 18.3 Å². The van der Waals surface area contributed by atoms with Gasteiger partial charge in [0.15, 0.2) is 11.5 Å². The molecule has 0 bridgehead atoms. The van der Waals surface area contributed by atoms with E-state index in [-0.39, 0.29) is 17.6 Å². The summed E-state index contributed by atoms with van der Waals surface area (Å²) in [5.74, 6) is 1.00. The summed E-state index contributed by atoms with van der Waals surface area (Å²) in [6.45, 7) is 3.82. The summed E-state index contributed by atoms with van der Waals surface area (Å²) in [5, 5.41) is 6.08. The highest BCUT2D eigenvalue weighted by molar-refractivity contribution is 5.96. The Morgan fingerprint density at radius 1 is 1.07 bits per heavy atom. The van der Waals surface area contributed by atoms with Gasteiger partial charge in [0.25, 0.3) is 0 Å². The minimum absolute atomic E-state index is 0.0841. The van der Waals surface area contributed by atoms with Crippen molar-refractivity contribution in [3.05, 3.63) is 67.1 Å². The number of nitrogens with zero attached hydrogens (tertiary/aromatic N) is 4. The predicted molar refractivity (Wildman–Crippen MR) is 163 cm³/mol. The fourth-order valence-electron chi connectivity index (χ4n) is 5.18. The van der Waals surface area contributed by atoms with Crippen molar-refractivity contribution in [3.8, 4) is 17.0 Å². The molecule has 2 aromatic heterocycles. The average Bonchev–Trinajstić information content (AvgIpc) is 3.56. The maximum absolute atomic E-state index is 12.8. The van der Waals surface area contributed by atoms with Gasteiger partial charge in [-0.2, -0.15) is 8.78 Å². The van der Waals surface area contributed by atoms with Crippen LogP contribution < -0.4 is 20.3 Å². The topological polar surface area (TPSA) is 110 Å². The molecule has 1 aliphatic heterocycles. The third kappa shape index (κ3) is 7.80. The molecule has 12 heteroatoms. The third-order valence-electron chi connectivity index (χ3n) is 7.16. The Labute approximate surface area is 254 Å². The van der Waals surface area contributed by atoms with Gasteiger partial charge < -0.3 is 25.0 Å². The smallest absolute Gasteiger partial charge is 0.407 e. The van der Waals surface area contributed by atoms with Gasteiger partial charge in [0.1, 0.15) is 11.4 Å². The number of alkyl carbamates (subject to hydrolysis) is 1. The van der Waals surface area contributed by atoms with E-state index >= 15 is 0 Å². The number of imidazole rings is 1. The number of unbranched alkanes of at least 4 members (excludes halogenated alkanes) is 1. The molecule has 0 radical (unpaired) electrons. The lowest BCUT2D eigenvalue weighted by molar-refractivity contribution is -0.117. The molecular formula is C32H36F2N6O4. The zero-order chi connectivity index (χ0) is 31.3. The second-order valence-corrected chi connectivity index (χ2v) is 11.7. The van der Waals surface area contributed by atoms with Crippen LogP contribution in [0.1, 0.15) is 46.5 Å². The molecule has 1 fully saturated rings. The van der Waals surface area contributed by atoms with Crippen LogP contribution in [0.4, 0.5) is 30.8 Å². The lowest BCUT2D eigenvalue weighted by Crippen LogP contribution is -2.33. The van der Waals surface area contributed by atoms with Crippen molar-refractivity contribution in [2.75, 3.05) is 23.3 Å². The van der Waals surface area contributed by atoms with Gasteiger partial charge in [0.2, 0.25) is 5.91 Å². The molecule has 10 nitrogen and oxygen atoms in total. The standard InChI is InChI=1S/C32H36F2N6O4/c1-32(2,3)44-31(42)36-15-5-4-6-21-18-27(41)40(20-21)24-11-9-23(10-12-24)38-28-29-37-19-26(39(29)17-16-35-28)22-7-13-25(14-8-22)43-30(33)34/h7-14,16-17,19,21,30H,4-6,15,18,20H2,1-3H3,(H,35,38)(H,36,42). The zero-order valence-electron chi connectivity index (χ0n) is 24.9. The number of rotatable bonds is 11. The molecule has 1 unspecified atom stereocenters. The van der Waals surface area contributed by atoms with Crippen molar-refractivity contribution in [1.82, 2.24) is 19.7 Å². The zero-order valence-corrected chi connectivity index (χ0v) is 24.9. The summed E-state index contributed by atoms with van der Waals surface area (Å²) in [6.07, 6.45) is 7.88. The fourth-order valence-corrected chi connectivity index (χ4v) is 5.18. The summed E-state index contributed by atoms with van der Waals surface area (Å²) in [5.41, 5.74) is 3.25. The predicted octanol–water partition coefficient (Wildman–Crippen LogP) is 6.79. The SMILES string of the molecule is CC(C)(C)OC(=O)NCCCCC1CC(=O)N(c2ccc(Nc3nccn4c(-c5ccc(OC(F)F)cc5)cnc34)cc2)C1. The second-order valence-electron chi connectivity index (χ2n) is 11.7. The van der Waals surface area contributed by atoms with Crippen molar-refractivity contribution >= 4 is 34.8 Å². The fraction of sp³-hybridized carbons (Fsp3) is 0.375. The molecule has 2 amide bonds. The van der Waals surface area contributed by atoms with Gasteiger partial charge in [-0.25, -0.2) is 14.8 Å². The Hall–Kier alpha value is -4.74. The van der Waals surface area contributed by atoms with Crippen molar-refractivity contribution in [3.63, 3.8) is 0 Å². The number of halogens is 2. The largest absolute Gasteiger partial charge is 0.444 e. The van der Waals surface area contributed by atoms with Crippen molar-refractivity contribution < 1.29 is 27.8 Å². The Bertz CT molecular complexity index is 1590. The van der Waals surface area contributed by atoms with Crippen LogP contribution in [0.15, 0.2) is 67.1 Å². The summed E-state index contributed by atoms with van der Waals surface area (Å²) in [6, 6.07) is 14.0. The number of carbonyl (C=O) groups excluding carboxylic acids is 2. The molecule has 2 aromatic carbocycles. The van der Waals surface area contributed by atoms with E-state index in [2.05, 4.69) is 25.3 Å². The highest BCUT2D eigenvalue weighted by Crippen LogP contribution is 2.31. The lowest BCUT2D eigenvalue weighted by Gasteiger charge is -2.19. The highest BCUT2D eigenvalue weighted by Gasteiger charge is 2.30. The molecule has 0 aliphatic carbocycles. The molecule has 1 aliphatic rings. The summed E-state index contributed by atoms with van der Waals surface area (Å²) >= 11 is 0. The van der Waals surface area contributed by atoms with E-state index in [1.54, 1.807) is 30.7 Å². The van der Waals surface area contributed by atoms with Crippen LogP contribution in [0.25, 0.3) is 16.9 Å². The van der Waals surface area contributed by atoms with E-state index in [1.165, 1.54) is 12.1 Å². The minimum atomic E-state index is -2.88. The van der Waals surface area contributed by atoms with Crippen molar-refractivity contribution in [1.29, 1.82) is 0 Å². The van der Waals surface area contributed by atoms with E-state index in [4.69, 9.17) is 4.74 Å². The Morgan fingerprint density at radius 2 is 1.82 bits per heavy atom. The van der Waals surface area contributed by atoms with Crippen LogP contribution in [0.3, 0.4) is 0 Å². The molecule has 1 atom stereocenters. The first-order valence-corrected chi connectivity index (χ1v) is 14.6. The Morgan fingerprint density at radius 3 is 2.52 bits per heavy atom. The number of nitrogens with one attached hydrogen (secondary N) is 2. The number of ether oxygens (including phenoxy) is 2. The Balaban J connectivity index is 1.15. The van der Waals surface area contributed by atoms with Gasteiger partial charge in [-0.1, -0.05) is 6.42 Å². The second kappa shape index (κ2) is 13.3. The number of alkyl halides is 2. The minimum Gasteiger partial charge on any atom is -0.444 e. The maximum Gasteiger partial charge on any atom is 0.407 e.